The van der Waals surface area contributed by atoms with E-state index in [1.54, 1.807) is 0 Å². The zero-order valence-corrected chi connectivity index (χ0v) is 19.1. The van der Waals surface area contributed by atoms with Crippen LogP contribution in [0.5, 0.6) is 0 Å². The zero-order chi connectivity index (χ0) is 16.5. The molecule has 0 N–H and O–H groups in total. The molecule has 0 saturated heterocycles. The third-order valence-corrected chi connectivity index (χ3v) is 5.24. The molecule has 23 heavy (non-hydrogen) atoms. The summed E-state index contributed by atoms with van der Waals surface area (Å²) in [4.78, 5) is 0. The minimum atomic E-state index is 0. The van der Waals surface area contributed by atoms with Crippen LogP contribution < -0.4 is 24.0 Å². The summed E-state index contributed by atoms with van der Waals surface area (Å²) in [5, 5.41) is 0. The second kappa shape index (κ2) is 19.3. The van der Waals surface area contributed by atoms with Crippen LogP contribution in [0.4, 0.5) is 0 Å². The highest BCUT2D eigenvalue weighted by molar-refractivity contribution is 6.17. The molecule has 0 bridgehead atoms. The molecule has 0 aromatic heterocycles. The fourth-order valence-electron chi connectivity index (χ4n) is 3.45. The van der Waals surface area contributed by atoms with E-state index < -0.39 is 0 Å². The van der Waals surface area contributed by atoms with Gasteiger partial charge in [0.05, 0.1) is 26.2 Å². The van der Waals surface area contributed by atoms with E-state index in [1.165, 1.54) is 108 Å². The highest BCUT2D eigenvalue weighted by atomic mass is 127. The first kappa shape index (κ1) is 26.2. The molecule has 0 aromatic carbocycles. The van der Waals surface area contributed by atoms with Crippen molar-refractivity contribution in [2.24, 2.45) is 0 Å². The normalized spacial score (nSPS) is 11.5. The Kier molecular flexibility index (Phi) is 22.0. The van der Waals surface area contributed by atoms with Crippen molar-refractivity contribution in [1.29, 1.82) is 0 Å². The van der Waals surface area contributed by atoms with Gasteiger partial charge in [-0.1, -0.05) is 52.9 Å². The first-order valence-corrected chi connectivity index (χ1v) is 10.7. The number of hydrogen-bond donors (Lipinski definition) is 0. The zero-order valence-electron chi connectivity index (χ0n) is 16.2. The predicted octanol–water partition coefficient (Wildman–Crippen LogP) is 3.79. The van der Waals surface area contributed by atoms with Crippen LogP contribution in [0.1, 0.15) is 97.8 Å². The van der Waals surface area contributed by atoms with E-state index in [0.717, 1.165) is 5.88 Å². The smallest absolute Gasteiger partial charge is 0.0787 e. The lowest BCUT2D eigenvalue weighted by Crippen LogP contribution is -3.00. The van der Waals surface area contributed by atoms with E-state index >= 15 is 0 Å². The average molecular weight is 460 g/mol. The summed E-state index contributed by atoms with van der Waals surface area (Å²) >= 11 is 5.92. The molecule has 0 radical (unpaired) electrons. The molecular formula is C20H43ClIN. The van der Waals surface area contributed by atoms with Crippen LogP contribution in [-0.4, -0.2) is 36.5 Å². The summed E-state index contributed by atoms with van der Waals surface area (Å²) in [5.41, 5.74) is 0. The monoisotopic (exact) mass is 459 g/mol. The molecule has 3 heteroatoms. The standard InChI is InChI=1S/C20H43ClN.HI/c1-4-7-10-13-18-22(17-9-6-3,20-15-12-16-21)19-14-11-8-5-2;/h4-20H2,1-3H3;1H/q+1;/p-1. The van der Waals surface area contributed by atoms with Crippen LogP contribution in [0.3, 0.4) is 0 Å². The molecule has 0 spiro atoms. The average Bonchev–Trinajstić information content (AvgIpc) is 2.54. The summed E-state index contributed by atoms with van der Waals surface area (Å²) in [7, 11) is 0. The number of unbranched alkanes of at least 4 members (excludes halogenated alkanes) is 8. The second-order valence-electron chi connectivity index (χ2n) is 7.11. The Morgan fingerprint density at radius 1 is 0.522 bits per heavy atom. The second-order valence-corrected chi connectivity index (χ2v) is 7.48. The SMILES string of the molecule is CCCCCC[N+](CCCC)(CCCCCl)CCCCCC.[I-]. The fraction of sp³-hybridized carbons (Fsp3) is 1.00. The molecule has 0 fully saturated rings. The van der Waals surface area contributed by atoms with E-state index in [0.29, 0.717) is 0 Å². The van der Waals surface area contributed by atoms with Gasteiger partial charge in [0, 0.05) is 5.88 Å². The van der Waals surface area contributed by atoms with Crippen LogP contribution in [0.15, 0.2) is 0 Å². The van der Waals surface area contributed by atoms with Gasteiger partial charge < -0.3 is 28.5 Å². The third kappa shape index (κ3) is 15.0. The Morgan fingerprint density at radius 3 is 1.30 bits per heavy atom. The van der Waals surface area contributed by atoms with E-state index in [9.17, 15) is 0 Å². The minimum Gasteiger partial charge on any atom is -1.00 e. The highest BCUT2D eigenvalue weighted by Crippen LogP contribution is 2.18. The summed E-state index contributed by atoms with van der Waals surface area (Å²) in [6.07, 6.45) is 16.4. The number of halogens is 2. The van der Waals surface area contributed by atoms with Crippen molar-refractivity contribution in [3.8, 4) is 0 Å². The lowest BCUT2D eigenvalue weighted by molar-refractivity contribution is -0.929. The van der Waals surface area contributed by atoms with Crippen molar-refractivity contribution in [2.45, 2.75) is 97.8 Å². The Morgan fingerprint density at radius 2 is 0.913 bits per heavy atom. The summed E-state index contributed by atoms with van der Waals surface area (Å²) in [6, 6.07) is 0. The molecular weight excluding hydrogens is 417 g/mol. The number of hydrogen-bond acceptors (Lipinski definition) is 0. The van der Waals surface area contributed by atoms with Gasteiger partial charge in [0.25, 0.3) is 0 Å². The molecule has 0 atom stereocenters. The van der Waals surface area contributed by atoms with Crippen molar-refractivity contribution in [3.05, 3.63) is 0 Å². The third-order valence-electron chi connectivity index (χ3n) is 4.97. The van der Waals surface area contributed by atoms with Gasteiger partial charge in [0.15, 0.2) is 0 Å². The molecule has 0 aliphatic rings. The van der Waals surface area contributed by atoms with E-state index in [2.05, 4.69) is 20.8 Å². The van der Waals surface area contributed by atoms with Gasteiger partial charge in [0.2, 0.25) is 0 Å². The van der Waals surface area contributed by atoms with Gasteiger partial charge in [-0.2, -0.15) is 0 Å². The van der Waals surface area contributed by atoms with Gasteiger partial charge in [-0.05, 0) is 44.9 Å². The summed E-state index contributed by atoms with van der Waals surface area (Å²) in [5.74, 6) is 0.833. The van der Waals surface area contributed by atoms with Crippen molar-refractivity contribution in [1.82, 2.24) is 0 Å². The van der Waals surface area contributed by atoms with Gasteiger partial charge >= 0.3 is 0 Å². The van der Waals surface area contributed by atoms with Gasteiger partial charge in [-0.15, -0.1) is 11.6 Å². The maximum absolute atomic E-state index is 5.92. The molecule has 0 heterocycles. The topological polar surface area (TPSA) is 0 Å². The molecule has 0 aromatic rings. The maximum Gasteiger partial charge on any atom is 0.0787 e. The van der Waals surface area contributed by atoms with Gasteiger partial charge in [-0.25, -0.2) is 0 Å². The van der Waals surface area contributed by atoms with Crippen molar-refractivity contribution in [2.75, 3.05) is 32.1 Å². The quantitative estimate of drug-likeness (QED) is 0.134. The van der Waals surface area contributed by atoms with Crippen molar-refractivity contribution in [3.63, 3.8) is 0 Å². The van der Waals surface area contributed by atoms with Crippen LogP contribution in [0.25, 0.3) is 0 Å². The minimum absolute atomic E-state index is 0. The van der Waals surface area contributed by atoms with Gasteiger partial charge in [-0.3, -0.25) is 0 Å². The predicted molar refractivity (Wildman–Crippen MR) is 103 cm³/mol. The summed E-state index contributed by atoms with van der Waals surface area (Å²) < 4.78 is 1.39. The van der Waals surface area contributed by atoms with Gasteiger partial charge in [0.1, 0.15) is 0 Å². The molecule has 0 aliphatic heterocycles. The largest absolute Gasteiger partial charge is 1.00 e. The highest BCUT2D eigenvalue weighted by Gasteiger charge is 2.25. The van der Waals surface area contributed by atoms with Crippen LogP contribution in [-0.2, 0) is 0 Å². The Hall–Kier alpha value is 0.980. The molecule has 142 valence electrons. The van der Waals surface area contributed by atoms with E-state index in [1.807, 2.05) is 0 Å². The molecule has 0 saturated carbocycles. The molecule has 0 aliphatic carbocycles. The Balaban J connectivity index is 0. The molecule has 1 nitrogen and oxygen atoms in total. The first-order valence-electron chi connectivity index (χ1n) is 10.2. The maximum atomic E-state index is 5.92. The van der Waals surface area contributed by atoms with E-state index in [-0.39, 0.29) is 24.0 Å². The lowest BCUT2D eigenvalue weighted by atomic mass is 10.1. The number of quaternary nitrogens is 1. The molecule has 0 unspecified atom stereocenters. The molecule has 0 amide bonds. The number of alkyl halides is 1. The van der Waals surface area contributed by atoms with Crippen LogP contribution >= 0.6 is 11.6 Å². The number of rotatable bonds is 17. The Bertz CT molecular complexity index is 212. The van der Waals surface area contributed by atoms with Crippen molar-refractivity contribution >= 4 is 11.6 Å². The first-order chi connectivity index (χ1) is 10.7. The summed E-state index contributed by atoms with van der Waals surface area (Å²) in [6.45, 7) is 12.5. The van der Waals surface area contributed by atoms with Crippen molar-refractivity contribution < 1.29 is 28.5 Å². The fourth-order valence-corrected chi connectivity index (χ4v) is 3.64. The van der Waals surface area contributed by atoms with E-state index in [4.69, 9.17) is 11.6 Å². The number of nitrogens with zero attached hydrogens (tertiary/aromatic N) is 1. The Labute approximate surface area is 169 Å². The van der Waals surface area contributed by atoms with Crippen LogP contribution in [0.2, 0.25) is 0 Å². The lowest BCUT2D eigenvalue weighted by Gasteiger charge is -2.39. The van der Waals surface area contributed by atoms with Crippen LogP contribution in [0, 0.1) is 0 Å². The molecule has 0 rings (SSSR count).